The van der Waals surface area contributed by atoms with Crippen LogP contribution in [0.15, 0.2) is 0 Å². The van der Waals surface area contributed by atoms with Crippen molar-refractivity contribution >= 4 is 0 Å². The summed E-state index contributed by atoms with van der Waals surface area (Å²) in [6.45, 7) is 6.88. The number of hydrogen-bond acceptors (Lipinski definition) is 2. The predicted octanol–water partition coefficient (Wildman–Crippen LogP) is 1.80. The van der Waals surface area contributed by atoms with E-state index in [1.54, 1.807) is 0 Å². The van der Waals surface area contributed by atoms with Crippen LogP contribution in [0.5, 0.6) is 0 Å². The van der Waals surface area contributed by atoms with Crippen LogP contribution in [-0.2, 0) is 4.74 Å². The highest BCUT2D eigenvalue weighted by Crippen LogP contribution is 1.91. The SMILES string of the molecule is C#CCCCCNCCOC(C)C. The van der Waals surface area contributed by atoms with Crippen LogP contribution in [0.3, 0.4) is 0 Å². The van der Waals surface area contributed by atoms with E-state index in [9.17, 15) is 0 Å². The first-order valence-corrected chi connectivity index (χ1v) is 5.03. The summed E-state index contributed by atoms with van der Waals surface area (Å²) in [6, 6.07) is 0. The third-order valence-electron chi connectivity index (χ3n) is 1.65. The Hall–Kier alpha value is -0.520. The van der Waals surface area contributed by atoms with Crippen LogP contribution < -0.4 is 5.32 Å². The summed E-state index contributed by atoms with van der Waals surface area (Å²) in [7, 11) is 0. The van der Waals surface area contributed by atoms with E-state index in [0.717, 1.165) is 39.0 Å². The Bertz CT molecular complexity index is 138. The van der Waals surface area contributed by atoms with Gasteiger partial charge in [0.1, 0.15) is 0 Å². The molecule has 0 unspecified atom stereocenters. The van der Waals surface area contributed by atoms with Gasteiger partial charge in [-0.15, -0.1) is 12.3 Å². The second kappa shape index (κ2) is 9.57. The molecule has 0 aliphatic carbocycles. The fourth-order valence-corrected chi connectivity index (χ4v) is 0.969. The van der Waals surface area contributed by atoms with Gasteiger partial charge in [0.2, 0.25) is 0 Å². The van der Waals surface area contributed by atoms with Crippen molar-refractivity contribution in [1.29, 1.82) is 0 Å². The molecule has 2 heteroatoms. The third-order valence-corrected chi connectivity index (χ3v) is 1.65. The number of ether oxygens (including phenoxy) is 1. The molecule has 0 aromatic rings. The largest absolute Gasteiger partial charge is 0.377 e. The molecule has 0 aromatic carbocycles. The lowest BCUT2D eigenvalue weighted by molar-refractivity contribution is 0.0809. The molecule has 0 atom stereocenters. The van der Waals surface area contributed by atoms with Crippen LogP contribution in [0.1, 0.15) is 33.1 Å². The third kappa shape index (κ3) is 11.5. The Morgan fingerprint density at radius 2 is 2.08 bits per heavy atom. The van der Waals surface area contributed by atoms with Gasteiger partial charge >= 0.3 is 0 Å². The molecule has 1 N–H and O–H groups in total. The molecule has 0 saturated heterocycles. The van der Waals surface area contributed by atoms with Gasteiger partial charge in [-0.2, -0.15) is 0 Å². The summed E-state index contributed by atoms with van der Waals surface area (Å²) < 4.78 is 5.37. The molecule has 0 bridgehead atoms. The van der Waals surface area contributed by atoms with Crippen molar-refractivity contribution in [3.05, 3.63) is 0 Å². The Morgan fingerprint density at radius 1 is 1.31 bits per heavy atom. The second-order valence-electron chi connectivity index (χ2n) is 3.33. The monoisotopic (exact) mass is 183 g/mol. The first-order chi connectivity index (χ1) is 6.27. The van der Waals surface area contributed by atoms with E-state index in [0.29, 0.717) is 6.10 Å². The topological polar surface area (TPSA) is 21.3 Å². The van der Waals surface area contributed by atoms with Gasteiger partial charge in [-0.25, -0.2) is 0 Å². The zero-order valence-electron chi connectivity index (χ0n) is 8.81. The molecule has 0 saturated carbocycles. The highest BCUT2D eigenvalue weighted by molar-refractivity contribution is 4.82. The molecule has 0 amide bonds. The Morgan fingerprint density at radius 3 is 2.69 bits per heavy atom. The Labute approximate surface area is 82.1 Å². The number of terminal acetylenes is 1. The minimum Gasteiger partial charge on any atom is -0.377 e. The molecule has 0 radical (unpaired) electrons. The van der Waals surface area contributed by atoms with Gasteiger partial charge in [-0.1, -0.05) is 0 Å². The zero-order chi connectivity index (χ0) is 9.94. The number of hydrogen-bond donors (Lipinski definition) is 1. The summed E-state index contributed by atoms with van der Waals surface area (Å²) in [4.78, 5) is 0. The van der Waals surface area contributed by atoms with Gasteiger partial charge in [-0.3, -0.25) is 0 Å². The predicted molar refractivity (Wildman–Crippen MR) is 56.6 cm³/mol. The quantitative estimate of drug-likeness (QED) is 0.458. The second-order valence-corrected chi connectivity index (χ2v) is 3.33. The maximum atomic E-state index is 5.37. The molecule has 0 heterocycles. The van der Waals surface area contributed by atoms with Crippen molar-refractivity contribution < 1.29 is 4.74 Å². The van der Waals surface area contributed by atoms with Crippen LogP contribution in [0.4, 0.5) is 0 Å². The van der Waals surface area contributed by atoms with Gasteiger partial charge in [0.05, 0.1) is 12.7 Å². The zero-order valence-corrected chi connectivity index (χ0v) is 8.81. The fraction of sp³-hybridized carbons (Fsp3) is 0.818. The highest BCUT2D eigenvalue weighted by Gasteiger charge is 1.92. The lowest BCUT2D eigenvalue weighted by atomic mass is 10.2. The normalized spacial score (nSPS) is 10.3. The van der Waals surface area contributed by atoms with Crippen molar-refractivity contribution in [2.75, 3.05) is 19.7 Å². The van der Waals surface area contributed by atoms with Crippen molar-refractivity contribution in [3.63, 3.8) is 0 Å². The maximum absolute atomic E-state index is 5.37. The molecule has 2 nitrogen and oxygen atoms in total. The van der Waals surface area contributed by atoms with E-state index >= 15 is 0 Å². The summed E-state index contributed by atoms with van der Waals surface area (Å²) in [5.41, 5.74) is 0. The summed E-state index contributed by atoms with van der Waals surface area (Å²) in [5.74, 6) is 2.63. The Kier molecular flexibility index (Phi) is 9.18. The molecule has 0 aromatic heterocycles. The molecular formula is C11H21NO. The van der Waals surface area contributed by atoms with E-state index in [4.69, 9.17) is 11.2 Å². The molecule has 0 aliphatic rings. The number of unbranched alkanes of at least 4 members (excludes halogenated alkanes) is 2. The van der Waals surface area contributed by atoms with Crippen molar-refractivity contribution in [2.45, 2.75) is 39.2 Å². The van der Waals surface area contributed by atoms with Gasteiger partial charge in [0, 0.05) is 13.0 Å². The van der Waals surface area contributed by atoms with E-state index < -0.39 is 0 Å². The standard InChI is InChI=1S/C11H21NO/c1-4-5-6-7-8-12-9-10-13-11(2)3/h1,11-12H,5-10H2,2-3H3. The van der Waals surface area contributed by atoms with Gasteiger partial charge < -0.3 is 10.1 Å². The first-order valence-electron chi connectivity index (χ1n) is 5.03. The van der Waals surface area contributed by atoms with E-state index in [1.165, 1.54) is 0 Å². The lowest BCUT2D eigenvalue weighted by Crippen LogP contribution is -2.22. The smallest absolute Gasteiger partial charge is 0.0594 e. The molecule has 0 rings (SSSR count). The van der Waals surface area contributed by atoms with Crippen LogP contribution in [0, 0.1) is 12.3 Å². The average molecular weight is 183 g/mol. The van der Waals surface area contributed by atoms with Crippen LogP contribution >= 0.6 is 0 Å². The summed E-state index contributed by atoms with van der Waals surface area (Å²) in [6.07, 6.45) is 8.64. The van der Waals surface area contributed by atoms with Gasteiger partial charge in [-0.05, 0) is 33.2 Å². The first kappa shape index (κ1) is 12.5. The van der Waals surface area contributed by atoms with Gasteiger partial charge in [0.25, 0.3) is 0 Å². The van der Waals surface area contributed by atoms with E-state index in [2.05, 4.69) is 11.2 Å². The molecule has 13 heavy (non-hydrogen) atoms. The molecule has 0 spiro atoms. The Balaban J connectivity index is 2.88. The molecular weight excluding hydrogens is 162 g/mol. The molecule has 76 valence electrons. The van der Waals surface area contributed by atoms with Crippen LogP contribution in [0.25, 0.3) is 0 Å². The number of rotatable bonds is 8. The van der Waals surface area contributed by atoms with Crippen LogP contribution in [0.2, 0.25) is 0 Å². The fourth-order valence-electron chi connectivity index (χ4n) is 0.969. The molecule has 0 aliphatic heterocycles. The lowest BCUT2D eigenvalue weighted by Gasteiger charge is -2.07. The summed E-state index contributed by atoms with van der Waals surface area (Å²) in [5, 5.41) is 3.31. The van der Waals surface area contributed by atoms with Crippen molar-refractivity contribution in [3.8, 4) is 12.3 Å². The van der Waals surface area contributed by atoms with E-state index in [-0.39, 0.29) is 0 Å². The minimum absolute atomic E-state index is 0.336. The van der Waals surface area contributed by atoms with Crippen molar-refractivity contribution in [1.82, 2.24) is 5.32 Å². The van der Waals surface area contributed by atoms with Gasteiger partial charge in [0.15, 0.2) is 0 Å². The highest BCUT2D eigenvalue weighted by atomic mass is 16.5. The van der Waals surface area contributed by atoms with E-state index in [1.807, 2.05) is 13.8 Å². The van der Waals surface area contributed by atoms with Crippen LogP contribution in [-0.4, -0.2) is 25.8 Å². The average Bonchev–Trinajstić information content (AvgIpc) is 2.09. The number of nitrogens with one attached hydrogen (secondary N) is 1. The summed E-state index contributed by atoms with van der Waals surface area (Å²) >= 11 is 0. The maximum Gasteiger partial charge on any atom is 0.0594 e. The van der Waals surface area contributed by atoms with Crippen molar-refractivity contribution in [2.24, 2.45) is 0 Å². The molecule has 0 fully saturated rings. The minimum atomic E-state index is 0.336.